The lowest BCUT2D eigenvalue weighted by atomic mass is 10.1. The van der Waals surface area contributed by atoms with E-state index in [0.29, 0.717) is 5.92 Å². The Morgan fingerprint density at radius 1 is 1.19 bits per heavy atom. The quantitative estimate of drug-likeness (QED) is 0.766. The molecule has 2 aromatic rings. The van der Waals surface area contributed by atoms with Gasteiger partial charge < -0.3 is 0 Å². The number of rotatable bonds is 3. The van der Waals surface area contributed by atoms with E-state index in [0.717, 1.165) is 11.4 Å². The fourth-order valence-electron chi connectivity index (χ4n) is 1.69. The molecule has 0 unspecified atom stereocenters. The third-order valence-electron chi connectivity index (χ3n) is 2.51. The van der Waals surface area contributed by atoms with Gasteiger partial charge in [-0.3, -0.25) is 0 Å². The van der Waals surface area contributed by atoms with Gasteiger partial charge in [-0.05, 0) is 19.3 Å². The number of nitrogens with zero attached hydrogens (tertiary/aromatic N) is 1. The van der Waals surface area contributed by atoms with Gasteiger partial charge in [0.2, 0.25) is 0 Å². The second-order valence-electron chi connectivity index (χ2n) is 4.49. The number of hydrogen-bond donors (Lipinski definition) is 0. The highest BCUT2D eigenvalue weighted by atomic mass is 32.1. The predicted octanol–water partition coefficient (Wildman–Crippen LogP) is 4.32. The molecule has 84 valence electrons. The van der Waals surface area contributed by atoms with Crippen molar-refractivity contribution < 1.29 is 0 Å². The molecule has 0 N–H and O–H groups in total. The zero-order valence-corrected chi connectivity index (χ0v) is 10.8. The van der Waals surface area contributed by atoms with Crippen molar-refractivity contribution in [2.45, 2.75) is 27.2 Å². The van der Waals surface area contributed by atoms with Crippen LogP contribution >= 0.6 is 11.3 Å². The van der Waals surface area contributed by atoms with E-state index >= 15 is 0 Å². The van der Waals surface area contributed by atoms with Crippen molar-refractivity contribution in [1.29, 1.82) is 0 Å². The van der Waals surface area contributed by atoms with Gasteiger partial charge in [0.15, 0.2) is 0 Å². The molecule has 0 atom stereocenters. The normalized spacial score (nSPS) is 11.0. The molecule has 0 saturated carbocycles. The molecule has 0 spiro atoms. The SMILES string of the molecule is Cc1nc(-c2ccccc2)sc1CC(C)C. The van der Waals surface area contributed by atoms with Crippen LogP contribution in [0.1, 0.15) is 24.4 Å². The molecular formula is C14H17NS. The van der Waals surface area contributed by atoms with Crippen molar-refractivity contribution in [3.8, 4) is 10.6 Å². The van der Waals surface area contributed by atoms with Crippen LogP contribution in [0.5, 0.6) is 0 Å². The molecule has 2 rings (SSSR count). The maximum atomic E-state index is 4.65. The lowest BCUT2D eigenvalue weighted by molar-refractivity contribution is 0.651. The van der Waals surface area contributed by atoms with E-state index in [9.17, 15) is 0 Å². The summed E-state index contributed by atoms with van der Waals surface area (Å²) in [6, 6.07) is 10.4. The summed E-state index contributed by atoms with van der Waals surface area (Å²) in [5, 5.41) is 1.15. The Balaban J connectivity index is 2.31. The highest BCUT2D eigenvalue weighted by Crippen LogP contribution is 2.29. The topological polar surface area (TPSA) is 12.9 Å². The molecule has 0 fully saturated rings. The molecule has 16 heavy (non-hydrogen) atoms. The fourth-order valence-corrected chi connectivity index (χ4v) is 2.97. The van der Waals surface area contributed by atoms with Crippen LogP contribution in [0.3, 0.4) is 0 Å². The van der Waals surface area contributed by atoms with Gasteiger partial charge >= 0.3 is 0 Å². The van der Waals surface area contributed by atoms with E-state index < -0.39 is 0 Å². The summed E-state index contributed by atoms with van der Waals surface area (Å²) in [6.07, 6.45) is 1.14. The van der Waals surface area contributed by atoms with E-state index in [-0.39, 0.29) is 0 Å². The lowest BCUT2D eigenvalue weighted by Crippen LogP contribution is -1.92. The van der Waals surface area contributed by atoms with E-state index in [1.165, 1.54) is 16.1 Å². The molecule has 1 aromatic carbocycles. The van der Waals surface area contributed by atoms with Gasteiger partial charge in [0.25, 0.3) is 0 Å². The molecule has 0 aliphatic rings. The van der Waals surface area contributed by atoms with Crippen molar-refractivity contribution in [3.63, 3.8) is 0 Å². The van der Waals surface area contributed by atoms with Crippen LogP contribution in [-0.4, -0.2) is 4.98 Å². The van der Waals surface area contributed by atoms with Gasteiger partial charge in [-0.25, -0.2) is 4.98 Å². The van der Waals surface area contributed by atoms with Crippen LogP contribution in [0, 0.1) is 12.8 Å². The van der Waals surface area contributed by atoms with Crippen molar-refractivity contribution in [2.24, 2.45) is 5.92 Å². The molecule has 0 aliphatic heterocycles. The monoisotopic (exact) mass is 231 g/mol. The Morgan fingerprint density at radius 2 is 1.88 bits per heavy atom. The molecular weight excluding hydrogens is 214 g/mol. The molecule has 0 radical (unpaired) electrons. The number of benzene rings is 1. The average Bonchev–Trinajstić information content (AvgIpc) is 2.61. The summed E-state index contributed by atoms with van der Waals surface area (Å²) < 4.78 is 0. The molecule has 0 aliphatic carbocycles. The minimum atomic E-state index is 0.697. The maximum absolute atomic E-state index is 4.65. The van der Waals surface area contributed by atoms with Gasteiger partial charge in [0, 0.05) is 10.4 Å². The summed E-state index contributed by atoms with van der Waals surface area (Å²) in [4.78, 5) is 6.08. The molecule has 2 heteroatoms. The third-order valence-corrected chi connectivity index (χ3v) is 3.74. The minimum Gasteiger partial charge on any atom is -0.241 e. The predicted molar refractivity (Wildman–Crippen MR) is 70.8 cm³/mol. The van der Waals surface area contributed by atoms with E-state index in [4.69, 9.17) is 0 Å². The third kappa shape index (κ3) is 2.50. The molecule has 0 saturated heterocycles. The minimum absolute atomic E-state index is 0.697. The largest absolute Gasteiger partial charge is 0.241 e. The molecule has 0 bridgehead atoms. The van der Waals surface area contributed by atoms with Crippen molar-refractivity contribution in [3.05, 3.63) is 40.9 Å². The first-order valence-electron chi connectivity index (χ1n) is 5.68. The van der Waals surface area contributed by atoms with Crippen LogP contribution in [0.2, 0.25) is 0 Å². The van der Waals surface area contributed by atoms with Gasteiger partial charge in [-0.2, -0.15) is 0 Å². The Labute approximate surface area is 101 Å². The molecule has 1 heterocycles. The fraction of sp³-hybridized carbons (Fsp3) is 0.357. The summed E-state index contributed by atoms with van der Waals surface area (Å²) in [5.41, 5.74) is 2.42. The van der Waals surface area contributed by atoms with Gasteiger partial charge in [0.1, 0.15) is 5.01 Å². The van der Waals surface area contributed by atoms with E-state index in [2.05, 4.69) is 50.0 Å². The smallest absolute Gasteiger partial charge is 0.123 e. The summed E-state index contributed by atoms with van der Waals surface area (Å²) in [5.74, 6) is 0.697. The lowest BCUT2D eigenvalue weighted by Gasteiger charge is -2.00. The standard InChI is InChI=1S/C14H17NS/c1-10(2)9-13-11(3)15-14(16-13)12-7-5-4-6-8-12/h4-8,10H,9H2,1-3H3. The highest BCUT2D eigenvalue weighted by Gasteiger charge is 2.10. The van der Waals surface area contributed by atoms with Crippen LogP contribution in [0.25, 0.3) is 10.6 Å². The summed E-state index contributed by atoms with van der Waals surface area (Å²) >= 11 is 1.83. The highest BCUT2D eigenvalue weighted by molar-refractivity contribution is 7.15. The number of hydrogen-bond acceptors (Lipinski definition) is 2. The summed E-state index contributed by atoms with van der Waals surface area (Å²) in [7, 11) is 0. The zero-order chi connectivity index (χ0) is 11.5. The maximum Gasteiger partial charge on any atom is 0.123 e. The second kappa shape index (κ2) is 4.79. The van der Waals surface area contributed by atoms with Crippen molar-refractivity contribution in [1.82, 2.24) is 4.98 Å². The first-order chi connectivity index (χ1) is 7.66. The van der Waals surface area contributed by atoms with E-state index in [1.54, 1.807) is 0 Å². The number of thiazole rings is 1. The Bertz CT molecular complexity index is 457. The Hall–Kier alpha value is -1.15. The van der Waals surface area contributed by atoms with Crippen molar-refractivity contribution in [2.75, 3.05) is 0 Å². The summed E-state index contributed by atoms with van der Waals surface area (Å²) in [6.45, 7) is 6.61. The number of aromatic nitrogens is 1. The van der Waals surface area contributed by atoms with Gasteiger partial charge in [-0.1, -0.05) is 44.2 Å². The van der Waals surface area contributed by atoms with Crippen molar-refractivity contribution >= 4 is 11.3 Å². The van der Waals surface area contributed by atoms with Gasteiger partial charge in [0.05, 0.1) is 5.69 Å². The molecule has 0 amide bonds. The average molecular weight is 231 g/mol. The number of aryl methyl sites for hydroxylation is 1. The first-order valence-corrected chi connectivity index (χ1v) is 6.50. The van der Waals surface area contributed by atoms with Crippen LogP contribution in [0.15, 0.2) is 30.3 Å². The van der Waals surface area contributed by atoms with Gasteiger partial charge in [-0.15, -0.1) is 11.3 Å². The Morgan fingerprint density at radius 3 is 2.50 bits per heavy atom. The first kappa shape index (κ1) is 11.3. The molecule has 1 aromatic heterocycles. The molecule has 1 nitrogen and oxygen atoms in total. The second-order valence-corrected chi connectivity index (χ2v) is 5.58. The van der Waals surface area contributed by atoms with Crippen LogP contribution < -0.4 is 0 Å². The Kier molecular flexibility index (Phi) is 3.39. The van der Waals surface area contributed by atoms with E-state index in [1.807, 2.05) is 17.4 Å². The van der Waals surface area contributed by atoms with Crippen LogP contribution in [0.4, 0.5) is 0 Å². The van der Waals surface area contributed by atoms with Crippen LogP contribution in [-0.2, 0) is 6.42 Å². The zero-order valence-electron chi connectivity index (χ0n) is 10.0.